The van der Waals surface area contributed by atoms with Crippen LogP contribution >= 0.6 is 0 Å². The average molecular weight is 231 g/mol. The van der Waals surface area contributed by atoms with Crippen molar-refractivity contribution in [3.63, 3.8) is 0 Å². The summed E-state index contributed by atoms with van der Waals surface area (Å²) in [5.74, 6) is 0.372. The lowest BCUT2D eigenvalue weighted by molar-refractivity contribution is 0.874. The summed E-state index contributed by atoms with van der Waals surface area (Å²) in [6.07, 6.45) is 1.71. The second kappa shape index (κ2) is 5.67. The van der Waals surface area contributed by atoms with Crippen molar-refractivity contribution in [1.29, 1.82) is 0 Å². The van der Waals surface area contributed by atoms with Gasteiger partial charge in [-0.2, -0.15) is 0 Å². The third-order valence-corrected chi connectivity index (χ3v) is 2.81. The van der Waals surface area contributed by atoms with Crippen LogP contribution in [0, 0.1) is 6.92 Å². The van der Waals surface area contributed by atoms with Crippen molar-refractivity contribution in [2.45, 2.75) is 40.5 Å². The first-order valence-corrected chi connectivity index (χ1v) is 6.22. The van der Waals surface area contributed by atoms with Crippen molar-refractivity contribution in [2.75, 3.05) is 0 Å². The van der Waals surface area contributed by atoms with Crippen LogP contribution in [0.4, 0.5) is 0 Å². The molecule has 1 N–H and O–H groups in total. The number of aromatic nitrogens is 1. The molecular formula is C15H21NO. The molecule has 0 amide bonds. The van der Waals surface area contributed by atoms with E-state index in [0.29, 0.717) is 5.92 Å². The number of H-pyrrole nitrogens is 1. The summed E-state index contributed by atoms with van der Waals surface area (Å²) >= 11 is 0. The summed E-state index contributed by atoms with van der Waals surface area (Å²) in [6.45, 7) is 10.2. The molecule has 2 rings (SSSR count). The Balaban J connectivity index is 0.000000686. The zero-order chi connectivity index (χ0) is 13.0. The molecule has 1 heterocycles. The van der Waals surface area contributed by atoms with Crippen molar-refractivity contribution >= 4 is 10.8 Å². The summed E-state index contributed by atoms with van der Waals surface area (Å²) in [5.41, 5.74) is 2.29. The van der Waals surface area contributed by atoms with E-state index in [1.165, 1.54) is 0 Å². The second-order valence-corrected chi connectivity index (χ2v) is 4.22. The van der Waals surface area contributed by atoms with Gasteiger partial charge in [0.15, 0.2) is 0 Å². The van der Waals surface area contributed by atoms with Crippen molar-refractivity contribution in [2.24, 2.45) is 0 Å². The predicted octanol–water partition coefficient (Wildman–Crippen LogP) is 3.99. The standard InChI is InChI=1S/C13H15NO.C2H6/c1-8(2)10-5-4-9(3)11-6-7-14-13(15)12(10)11;1-2/h4-8H,1-3H3,(H,14,15);1-2H3. The van der Waals surface area contributed by atoms with Crippen LogP contribution in [0.5, 0.6) is 0 Å². The van der Waals surface area contributed by atoms with Crippen molar-refractivity contribution in [1.82, 2.24) is 4.98 Å². The van der Waals surface area contributed by atoms with E-state index in [4.69, 9.17) is 0 Å². The minimum absolute atomic E-state index is 0.0138. The first kappa shape index (κ1) is 13.5. The Labute approximate surface area is 103 Å². The predicted molar refractivity (Wildman–Crippen MR) is 74.7 cm³/mol. The van der Waals surface area contributed by atoms with Gasteiger partial charge >= 0.3 is 0 Å². The van der Waals surface area contributed by atoms with Crippen LogP contribution in [0.1, 0.15) is 44.7 Å². The van der Waals surface area contributed by atoms with Gasteiger partial charge in [-0.25, -0.2) is 0 Å². The SMILES string of the molecule is CC.Cc1ccc(C(C)C)c2c(=O)[nH]ccc12. The molecule has 2 aromatic rings. The van der Waals surface area contributed by atoms with Crippen molar-refractivity contribution in [3.8, 4) is 0 Å². The number of hydrogen-bond donors (Lipinski definition) is 1. The van der Waals surface area contributed by atoms with Gasteiger partial charge in [-0.1, -0.05) is 39.8 Å². The molecule has 0 saturated heterocycles. The lowest BCUT2D eigenvalue weighted by atomic mass is 9.95. The highest BCUT2D eigenvalue weighted by molar-refractivity contribution is 5.87. The number of aryl methyl sites for hydroxylation is 1. The highest BCUT2D eigenvalue weighted by atomic mass is 16.1. The largest absolute Gasteiger partial charge is 0.329 e. The van der Waals surface area contributed by atoms with E-state index < -0.39 is 0 Å². The minimum atomic E-state index is 0.0138. The number of benzene rings is 1. The highest BCUT2D eigenvalue weighted by Crippen LogP contribution is 2.24. The summed E-state index contributed by atoms with van der Waals surface area (Å²) in [4.78, 5) is 14.5. The van der Waals surface area contributed by atoms with E-state index in [0.717, 1.165) is 21.9 Å². The van der Waals surface area contributed by atoms with E-state index in [9.17, 15) is 4.79 Å². The molecule has 0 fully saturated rings. The van der Waals surface area contributed by atoms with Gasteiger partial charge in [0, 0.05) is 6.20 Å². The Morgan fingerprint density at radius 3 is 2.35 bits per heavy atom. The number of aromatic amines is 1. The van der Waals surface area contributed by atoms with E-state index in [2.05, 4.69) is 31.0 Å². The molecule has 0 aliphatic carbocycles. The first-order chi connectivity index (χ1) is 8.11. The Morgan fingerprint density at radius 1 is 1.12 bits per heavy atom. The van der Waals surface area contributed by atoms with Crippen LogP contribution in [0.25, 0.3) is 10.8 Å². The number of nitrogens with one attached hydrogen (secondary N) is 1. The third-order valence-electron chi connectivity index (χ3n) is 2.81. The maximum absolute atomic E-state index is 11.8. The van der Waals surface area contributed by atoms with Gasteiger partial charge in [0.2, 0.25) is 0 Å². The van der Waals surface area contributed by atoms with Crippen LogP contribution in [-0.4, -0.2) is 4.98 Å². The van der Waals surface area contributed by atoms with Crippen LogP contribution in [-0.2, 0) is 0 Å². The van der Waals surface area contributed by atoms with Gasteiger partial charge < -0.3 is 4.98 Å². The zero-order valence-corrected chi connectivity index (χ0v) is 11.3. The van der Waals surface area contributed by atoms with Crippen molar-refractivity contribution in [3.05, 3.63) is 45.9 Å². The smallest absolute Gasteiger partial charge is 0.256 e. The summed E-state index contributed by atoms with van der Waals surface area (Å²) in [6, 6.07) is 6.10. The van der Waals surface area contributed by atoms with Crippen molar-refractivity contribution < 1.29 is 0 Å². The Hall–Kier alpha value is -1.57. The molecule has 1 aromatic heterocycles. The molecule has 0 atom stereocenters. The topological polar surface area (TPSA) is 32.9 Å². The molecule has 2 nitrogen and oxygen atoms in total. The number of hydrogen-bond acceptors (Lipinski definition) is 1. The van der Waals surface area contributed by atoms with E-state index >= 15 is 0 Å². The third kappa shape index (κ3) is 2.57. The maximum Gasteiger partial charge on any atom is 0.256 e. The monoisotopic (exact) mass is 231 g/mol. The number of fused-ring (bicyclic) bond motifs is 1. The zero-order valence-electron chi connectivity index (χ0n) is 11.3. The number of pyridine rings is 1. The molecule has 17 heavy (non-hydrogen) atoms. The van der Waals surface area contributed by atoms with Crippen LogP contribution < -0.4 is 5.56 Å². The van der Waals surface area contributed by atoms with Gasteiger partial charge in [0.1, 0.15) is 0 Å². The molecule has 0 bridgehead atoms. The molecule has 0 spiro atoms. The molecular weight excluding hydrogens is 210 g/mol. The molecule has 0 aliphatic heterocycles. The fraction of sp³-hybridized carbons (Fsp3) is 0.400. The van der Waals surface area contributed by atoms with E-state index in [1.807, 2.05) is 26.8 Å². The molecule has 0 saturated carbocycles. The maximum atomic E-state index is 11.8. The molecule has 1 aromatic carbocycles. The van der Waals surface area contributed by atoms with Gasteiger partial charge in [-0.05, 0) is 35.4 Å². The summed E-state index contributed by atoms with van der Waals surface area (Å²) < 4.78 is 0. The van der Waals surface area contributed by atoms with Crippen LogP contribution in [0.15, 0.2) is 29.2 Å². The second-order valence-electron chi connectivity index (χ2n) is 4.22. The first-order valence-electron chi connectivity index (χ1n) is 6.22. The molecule has 0 unspecified atom stereocenters. The normalized spacial score (nSPS) is 10.2. The quantitative estimate of drug-likeness (QED) is 0.791. The summed E-state index contributed by atoms with van der Waals surface area (Å²) in [7, 11) is 0. The van der Waals surface area contributed by atoms with E-state index in [-0.39, 0.29) is 5.56 Å². The van der Waals surface area contributed by atoms with Gasteiger partial charge in [-0.15, -0.1) is 0 Å². The molecule has 92 valence electrons. The van der Waals surface area contributed by atoms with Gasteiger partial charge in [0.05, 0.1) is 5.39 Å². The van der Waals surface area contributed by atoms with Crippen LogP contribution in [0.3, 0.4) is 0 Å². The Bertz CT molecular complexity index is 552. The summed E-state index contributed by atoms with van der Waals surface area (Å²) in [5, 5.41) is 1.90. The fourth-order valence-electron chi connectivity index (χ4n) is 1.96. The van der Waals surface area contributed by atoms with Gasteiger partial charge in [-0.3, -0.25) is 4.79 Å². The molecule has 0 aliphatic rings. The molecule has 2 heteroatoms. The highest BCUT2D eigenvalue weighted by Gasteiger charge is 2.09. The minimum Gasteiger partial charge on any atom is -0.329 e. The lowest BCUT2D eigenvalue weighted by Crippen LogP contribution is -2.08. The lowest BCUT2D eigenvalue weighted by Gasteiger charge is -2.10. The van der Waals surface area contributed by atoms with Crippen LogP contribution in [0.2, 0.25) is 0 Å². The Morgan fingerprint density at radius 2 is 1.76 bits per heavy atom. The fourth-order valence-corrected chi connectivity index (χ4v) is 1.96. The Kier molecular flexibility index (Phi) is 4.50. The average Bonchev–Trinajstić information content (AvgIpc) is 2.33. The van der Waals surface area contributed by atoms with Gasteiger partial charge in [0.25, 0.3) is 5.56 Å². The molecule has 0 radical (unpaired) electrons. The number of rotatable bonds is 1. The van der Waals surface area contributed by atoms with E-state index in [1.54, 1.807) is 6.20 Å².